The molecule has 0 spiro atoms. The van der Waals surface area contributed by atoms with E-state index in [0.717, 1.165) is 12.2 Å². The summed E-state index contributed by atoms with van der Waals surface area (Å²) in [6.07, 6.45) is 7.24. The molecule has 3 heteroatoms. The molecule has 1 saturated heterocycles. The van der Waals surface area contributed by atoms with E-state index in [1.165, 1.54) is 19.3 Å². The maximum Gasteiger partial charge on any atom is 0.458 e. The van der Waals surface area contributed by atoms with Crippen molar-refractivity contribution in [1.82, 2.24) is 0 Å². The highest BCUT2D eigenvalue weighted by Crippen LogP contribution is 2.40. The van der Waals surface area contributed by atoms with Gasteiger partial charge in [-0.1, -0.05) is 18.6 Å². The summed E-state index contributed by atoms with van der Waals surface area (Å²) in [7, 11) is -0.0352. The van der Waals surface area contributed by atoms with Crippen LogP contribution in [0.1, 0.15) is 60.8 Å². The van der Waals surface area contributed by atoms with E-state index in [0.29, 0.717) is 5.92 Å². The smallest absolute Gasteiger partial charge is 0.403 e. The first-order chi connectivity index (χ1) is 8.71. The van der Waals surface area contributed by atoms with Crippen molar-refractivity contribution < 1.29 is 9.31 Å². The van der Waals surface area contributed by atoms with E-state index in [9.17, 15) is 0 Å². The van der Waals surface area contributed by atoms with Gasteiger partial charge in [-0.15, -0.1) is 0 Å². The van der Waals surface area contributed by atoms with E-state index in [2.05, 4.69) is 47.6 Å². The molecule has 1 aliphatic carbocycles. The number of rotatable bonds is 3. The van der Waals surface area contributed by atoms with Gasteiger partial charge in [0.15, 0.2) is 0 Å². The van der Waals surface area contributed by atoms with Crippen molar-refractivity contribution >= 4 is 7.12 Å². The molecule has 0 saturated carbocycles. The fourth-order valence-electron chi connectivity index (χ4n) is 3.06. The topological polar surface area (TPSA) is 18.5 Å². The van der Waals surface area contributed by atoms with E-state index in [-0.39, 0.29) is 18.3 Å². The van der Waals surface area contributed by atoms with Gasteiger partial charge in [0.1, 0.15) is 0 Å². The van der Waals surface area contributed by atoms with Crippen molar-refractivity contribution in [3.05, 3.63) is 11.6 Å². The summed E-state index contributed by atoms with van der Waals surface area (Å²) in [6, 6.07) is 0. The van der Waals surface area contributed by atoms with Gasteiger partial charge >= 0.3 is 7.12 Å². The third-order valence-electron chi connectivity index (χ3n) is 5.35. The van der Waals surface area contributed by atoms with Crippen molar-refractivity contribution in [2.75, 3.05) is 0 Å². The summed E-state index contributed by atoms with van der Waals surface area (Å²) < 4.78 is 12.2. The Morgan fingerprint density at radius 2 is 1.84 bits per heavy atom. The summed E-state index contributed by atoms with van der Waals surface area (Å²) in [5.74, 6) is 1.46. The molecule has 1 unspecified atom stereocenters. The monoisotopic (exact) mass is 264 g/mol. The summed E-state index contributed by atoms with van der Waals surface area (Å²) in [5.41, 5.74) is 1.17. The lowest BCUT2D eigenvalue weighted by Crippen LogP contribution is -2.41. The van der Waals surface area contributed by atoms with Gasteiger partial charge in [-0.3, -0.25) is 0 Å². The molecule has 19 heavy (non-hydrogen) atoms. The van der Waals surface area contributed by atoms with Crippen LogP contribution >= 0.6 is 0 Å². The molecule has 0 aromatic heterocycles. The predicted octanol–water partition coefficient (Wildman–Crippen LogP) is 4.46. The Kier molecular flexibility index (Phi) is 4.18. The van der Waals surface area contributed by atoms with Crippen LogP contribution in [0, 0.1) is 11.8 Å². The fourth-order valence-corrected chi connectivity index (χ4v) is 3.06. The molecule has 2 atom stereocenters. The zero-order valence-electron chi connectivity index (χ0n) is 13.5. The van der Waals surface area contributed by atoms with Gasteiger partial charge < -0.3 is 9.31 Å². The highest BCUT2D eigenvalue weighted by molar-refractivity contribution is 6.45. The summed E-state index contributed by atoms with van der Waals surface area (Å²) in [5, 5.41) is 0. The van der Waals surface area contributed by atoms with Gasteiger partial charge in [0, 0.05) is 0 Å². The molecular weight excluding hydrogens is 235 g/mol. The van der Waals surface area contributed by atoms with Crippen LogP contribution in [0.4, 0.5) is 0 Å². The zero-order valence-corrected chi connectivity index (χ0v) is 13.5. The SMILES string of the molecule is CC1=CC[C@H](C(C)CB2OC(C)(C)C(C)(C)O2)CC1. The second-order valence-corrected chi connectivity index (χ2v) is 7.48. The highest BCUT2D eigenvalue weighted by atomic mass is 16.7. The third kappa shape index (κ3) is 3.25. The molecule has 0 aromatic carbocycles. The average Bonchev–Trinajstić information content (AvgIpc) is 2.47. The Bertz CT molecular complexity index is 344. The van der Waals surface area contributed by atoms with Crippen molar-refractivity contribution in [2.45, 2.75) is 78.3 Å². The quantitative estimate of drug-likeness (QED) is 0.553. The van der Waals surface area contributed by atoms with Crippen LogP contribution in [-0.2, 0) is 9.31 Å². The minimum absolute atomic E-state index is 0.0352. The van der Waals surface area contributed by atoms with Crippen molar-refractivity contribution in [3.63, 3.8) is 0 Å². The van der Waals surface area contributed by atoms with Crippen LogP contribution in [0.25, 0.3) is 0 Å². The Morgan fingerprint density at radius 1 is 1.26 bits per heavy atom. The van der Waals surface area contributed by atoms with E-state index >= 15 is 0 Å². The molecule has 108 valence electrons. The molecular formula is C16H29BO2. The first kappa shape index (κ1) is 15.1. The van der Waals surface area contributed by atoms with Crippen LogP contribution in [0.3, 0.4) is 0 Å². The molecule has 0 N–H and O–H groups in total. The van der Waals surface area contributed by atoms with Crippen LogP contribution in [0.5, 0.6) is 0 Å². The van der Waals surface area contributed by atoms with Gasteiger partial charge in [-0.25, -0.2) is 0 Å². The minimum atomic E-state index is -0.194. The Labute approximate surface area is 119 Å². The molecule has 2 nitrogen and oxygen atoms in total. The second-order valence-electron chi connectivity index (χ2n) is 7.48. The van der Waals surface area contributed by atoms with Gasteiger partial charge in [-0.05, 0) is 72.0 Å². The van der Waals surface area contributed by atoms with Crippen LogP contribution in [0.2, 0.25) is 6.32 Å². The van der Waals surface area contributed by atoms with E-state index in [1.807, 2.05) is 0 Å². The van der Waals surface area contributed by atoms with Gasteiger partial charge in [0.2, 0.25) is 0 Å². The molecule has 1 heterocycles. The Balaban J connectivity index is 1.89. The summed E-state index contributed by atoms with van der Waals surface area (Å²) in [4.78, 5) is 0. The first-order valence-electron chi connectivity index (χ1n) is 7.72. The standard InChI is InChI=1S/C16H29BO2/c1-12-7-9-14(10-8-12)13(2)11-17-18-15(3,4)16(5,6)19-17/h7,13-14H,8-11H2,1-6H3/t13?,14-/m0/s1. The molecule has 0 radical (unpaired) electrons. The largest absolute Gasteiger partial charge is 0.458 e. The molecule has 2 aliphatic rings. The van der Waals surface area contributed by atoms with Gasteiger partial charge in [-0.2, -0.15) is 0 Å². The third-order valence-corrected chi connectivity index (χ3v) is 5.35. The number of hydrogen-bond acceptors (Lipinski definition) is 2. The molecule has 2 rings (SSSR count). The Morgan fingerprint density at radius 3 is 2.32 bits per heavy atom. The van der Waals surface area contributed by atoms with Gasteiger partial charge in [0.05, 0.1) is 11.2 Å². The molecule has 1 aliphatic heterocycles. The van der Waals surface area contributed by atoms with Crippen LogP contribution in [-0.4, -0.2) is 18.3 Å². The van der Waals surface area contributed by atoms with Crippen molar-refractivity contribution in [2.24, 2.45) is 11.8 Å². The summed E-state index contributed by atoms with van der Waals surface area (Å²) >= 11 is 0. The first-order valence-corrected chi connectivity index (χ1v) is 7.72. The maximum atomic E-state index is 6.11. The number of allylic oxidation sites excluding steroid dienone is 2. The lowest BCUT2D eigenvalue weighted by atomic mass is 9.70. The maximum absolute atomic E-state index is 6.11. The van der Waals surface area contributed by atoms with Gasteiger partial charge in [0.25, 0.3) is 0 Å². The normalized spacial score (nSPS) is 31.2. The zero-order chi connectivity index (χ0) is 14.3. The predicted molar refractivity (Wildman–Crippen MR) is 81.2 cm³/mol. The van der Waals surface area contributed by atoms with Crippen molar-refractivity contribution in [3.8, 4) is 0 Å². The second kappa shape index (κ2) is 5.25. The van der Waals surface area contributed by atoms with Crippen molar-refractivity contribution in [1.29, 1.82) is 0 Å². The number of hydrogen-bond donors (Lipinski definition) is 0. The van der Waals surface area contributed by atoms with E-state index in [4.69, 9.17) is 9.31 Å². The molecule has 1 fully saturated rings. The molecule has 0 amide bonds. The van der Waals surface area contributed by atoms with E-state index < -0.39 is 0 Å². The molecule has 0 bridgehead atoms. The molecule has 0 aromatic rings. The minimum Gasteiger partial charge on any atom is -0.403 e. The lowest BCUT2D eigenvalue weighted by Gasteiger charge is -2.32. The van der Waals surface area contributed by atoms with Crippen LogP contribution in [0.15, 0.2) is 11.6 Å². The van der Waals surface area contributed by atoms with Crippen LogP contribution < -0.4 is 0 Å². The lowest BCUT2D eigenvalue weighted by molar-refractivity contribution is 0.00578. The average molecular weight is 264 g/mol. The highest BCUT2D eigenvalue weighted by Gasteiger charge is 2.51. The summed E-state index contributed by atoms with van der Waals surface area (Å²) in [6.45, 7) is 13.1. The Hall–Kier alpha value is -0.275. The van der Waals surface area contributed by atoms with E-state index in [1.54, 1.807) is 5.57 Å². The fraction of sp³-hybridized carbons (Fsp3) is 0.875.